The highest BCUT2D eigenvalue weighted by molar-refractivity contribution is 7.92. The maximum absolute atomic E-state index is 11.6. The summed E-state index contributed by atoms with van der Waals surface area (Å²) < 4.78 is 27.6. The number of nitriles is 1. The van der Waals surface area contributed by atoms with Crippen molar-refractivity contribution in [3.63, 3.8) is 0 Å². The normalized spacial score (nSPS) is 11.4. The van der Waals surface area contributed by atoms with Crippen LogP contribution in [0, 0.1) is 11.3 Å². The van der Waals surface area contributed by atoms with Crippen LogP contribution in [0.4, 0.5) is 5.69 Å². The third kappa shape index (κ3) is 3.04. The molecule has 0 saturated heterocycles. The fraction of sp³-hybridized carbons (Fsp3) is 0.167. The van der Waals surface area contributed by atoms with Crippen molar-refractivity contribution in [2.24, 2.45) is 7.05 Å². The van der Waals surface area contributed by atoms with Gasteiger partial charge < -0.3 is 9.67 Å². The van der Waals surface area contributed by atoms with E-state index in [0.29, 0.717) is 16.9 Å². The summed E-state index contributed by atoms with van der Waals surface area (Å²) in [4.78, 5) is 0. The lowest BCUT2D eigenvalue weighted by Crippen LogP contribution is -2.14. The summed E-state index contributed by atoms with van der Waals surface area (Å²) >= 11 is 0. The van der Waals surface area contributed by atoms with Gasteiger partial charge in [0.15, 0.2) is 0 Å². The molecule has 0 aliphatic rings. The Morgan fingerprint density at radius 1 is 1.20 bits per heavy atom. The monoisotopic (exact) mass is 355 g/mol. The molecular weight excluding hydrogens is 338 g/mol. The average Bonchev–Trinajstić information content (AvgIpc) is 2.87. The molecular formula is C18H17N3O3S. The number of aromatic hydroxyl groups is 1. The largest absolute Gasteiger partial charge is 0.508 e. The van der Waals surface area contributed by atoms with Gasteiger partial charge in [-0.25, -0.2) is 8.42 Å². The molecule has 0 bridgehead atoms. The van der Waals surface area contributed by atoms with Crippen molar-refractivity contribution in [3.05, 3.63) is 48.0 Å². The van der Waals surface area contributed by atoms with Gasteiger partial charge in [0.25, 0.3) is 0 Å². The number of sulfonamides is 1. The molecule has 2 aromatic carbocycles. The second kappa shape index (κ2) is 6.15. The first kappa shape index (κ1) is 16.9. The number of rotatable bonds is 4. The lowest BCUT2D eigenvalue weighted by atomic mass is 10.1. The van der Waals surface area contributed by atoms with E-state index in [2.05, 4.69) is 10.8 Å². The number of anilines is 1. The van der Waals surface area contributed by atoms with E-state index in [1.807, 2.05) is 11.6 Å². The molecule has 0 aliphatic carbocycles. The average molecular weight is 355 g/mol. The summed E-state index contributed by atoms with van der Waals surface area (Å²) in [5, 5.41) is 20.0. The van der Waals surface area contributed by atoms with Gasteiger partial charge in [0.05, 0.1) is 22.5 Å². The quantitative estimate of drug-likeness (QED) is 0.751. The minimum atomic E-state index is -3.33. The molecule has 25 heavy (non-hydrogen) atoms. The van der Waals surface area contributed by atoms with E-state index in [0.717, 1.165) is 16.5 Å². The van der Waals surface area contributed by atoms with Gasteiger partial charge in [0.2, 0.25) is 10.0 Å². The van der Waals surface area contributed by atoms with Crippen molar-refractivity contribution < 1.29 is 13.5 Å². The predicted octanol–water partition coefficient (Wildman–Crippen LogP) is 3.18. The molecule has 2 N–H and O–H groups in total. The number of hydrogen-bond acceptors (Lipinski definition) is 4. The lowest BCUT2D eigenvalue weighted by Gasteiger charge is -2.09. The molecule has 0 spiro atoms. The highest BCUT2D eigenvalue weighted by atomic mass is 32.2. The van der Waals surface area contributed by atoms with E-state index in [1.165, 1.54) is 0 Å². The number of nitrogens with one attached hydrogen (secondary N) is 1. The molecule has 0 atom stereocenters. The standard InChI is InChI=1S/C18H17N3O3S/c1-3-25(23,24)20-13-6-4-12(5-7-13)18-16(11-19)15-9-8-14(22)10-17(15)21(18)2/h4-10,20,22H,3H2,1-2H3. The predicted molar refractivity (Wildman–Crippen MR) is 97.8 cm³/mol. The molecule has 0 saturated carbocycles. The topological polar surface area (TPSA) is 95.1 Å². The first-order valence-electron chi connectivity index (χ1n) is 7.68. The Hall–Kier alpha value is -2.98. The molecule has 6 nitrogen and oxygen atoms in total. The molecule has 0 fully saturated rings. The number of hydrogen-bond donors (Lipinski definition) is 2. The summed E-state index contributed by atoms with van der Waals surface area (Å²) in [5.74, 6) is 0.133. The van der Waals surface area contributed by atoms with E-state index < -0.39 is 10.0 Å². The summed E-state index contributed by atoms with van der Waals surface area (Å²) in [6.07, 6.45) is 0. The summed E-state index contributed by atoms with van der Waals surface area (Å²) in [6, 6.07) is 14.0. The van der Waals surface area contributed by atoms with Crippen LogP contribution < -0.4 is 4.72 Å². The highest BCUT2D eigenvalue weighted by Crippen LogP contribution is 2.34. The third-order valence-electron chi connectivity index (χ3n) is 4.11. The smallest absolute Gasteiger partial charge is 0.232 e. The minimum Gasteiger partial charge on any atom is -0.508 e. The van der Waals surface area contributed by atoms with Crippen LogP contribution in [-0.4, -0.2) is 23.8 Å². The number of phenolic OH excluding ortho intramolecular Hbond substituents is 1. The number of nitrogens with zero attached hydrogens (tertiary/aromatic N) is 2. The SMILES string of the molecule is CCS(=O)(=O)Nc1ccc(-c2c(C#N)c3ccc(O)cc3n2C)cc1. The molecule has 128 valence electrons. The van der Waals surface area contributed by atoms with Crippen molar-refractivity contribution in [2.45, 2.75) is 6.92 Å². The first-order valence-corrected chi connectivity index (χ1v) is 9.34. The van der Waals surface area contributed by atoms with Crippen LogP contribution in [0.15, 0.2) is 42.5 Å². The first-order chi connectivity index (χ1) is 11.9. The van der Waals surface area contributed by atoms with Crippen LogP contribution >= 0.6 is 0 Å². The number of aryl methyl sites for hydroxylation is 1. The molecule has 3 aromatic rings. The van der Waals surface area contributed by atoms with E-state index >= 15 is 0 Å². The highest BCUT2D eigenvalue weighted by Gasteiger charge is 2.17. The van der Waals surface area contributed by atoms with Crippen molar-refractivity contribution in [1.29, 1.82) is 5.26 Å². The second-order valence-corrected chi connectivity index (χ2v) is 7.69. The Bertz CT molecular complexity index is 1090. The van der Waals surface area contributed by atoms with Crippen LogP contribution in [0.2, 0.25) is 0 Å². The van der Waals surface area contributed by atoms with Gasteiger partial charge in [0.1, 0.15) is 11.8 Å². The Morgan fingerprint density at radius 2 is 1.88 bits per heavy atom. The van der Waals surface area contributed by atoms with E-state index in [9.17, 15) is 18.8 Å². The zero-order chi connectivity index (χ0) is 18.2. The van der Waals surface area contributed by atoms with Gasteiger partial charge in [-0.3, -0.25) is 4.72 Å². The van der Waals surface area contributed by atoms with Gasteiger partial charge in [-0.05, 0) is 36.8 Å². The zero-order valence-corrected chi connectivity index (χ0v) is 14.6. The summed E-state index contributed by atoms with van der Waals surface area (Å²) in [6.45, 7) is 1.57. The van der Waals surface area contributed by atoms with Crippen LogP contribution in [0.25, 0.3) is 22.2 Å². The third-order valence-corrected chi connectivity index (χ3v) is 5.41. The number of aromatic nitrogens is 1. The van der Waals surface area contributed by atoms with Crippen molar-refractivity contribution in [2.75, 3.05) is 10.5 Å². The van der Waals surface area contributed by atoms with Crippen molar-refractivity contribution in [1.82, 2.24) is 4.57 Å². The Labute approximate surface area is 146 Å². The van der Waals surface area contributed by atoms with Crippen LogP contribution in [-0.2, 0) is 17.1 Å². The van der Waals surface area contributed by atoms with Gasteiger partial charge >= 0.3 is 0 Å². The Morgan fingerprint density at radius 3 is 2.48 bits per heavy atom. The maximum atomic E-state index is 11.6. The van der Waals surface area contributed by atoms with Crippen LogP contribution in [0.3, 0.4) is 0 Å². The van der Waals surface area contributed by atoms with Gasteiger partial charge in [0, 0.05) is 24.2 Å². The molecule has 0 aliphatic heterocycles. The Balaban J connectivity index is 2.11. The summed E-state index contributed by atoms with van der Waals surface area (Å²) in [7, 11) is -1.51. The summed E-state index contributed by atoms with van der Waals surface area (Å²) in [5.41, 5.74) is 3.24. The maximum Gasteiger partial charge on any atom is 0.232 e. The fourth-order valence-corrected chi connectivity index (χ4v) is 3.46. The second-order valence-electron chi connectivity index (χ2n) is 5.68. The lowest BCUT2D eigenvalue weighted by molar-refractivity contribution is 0.476. The number of benzene rings is 2. The molecule has 0 unspecified atom stereocenters. The van der Waals surface area contributed by atoms with E-state index in [4.69, 9.17) is 0 Å². The van der Waals surface area contributed by atoms with Gasteiger partial charge in [-0.15, -0.1) is 0 Å². The zero-order valence-electron chi connectivity index (χ0n) is 13.8. The fourth-order valence-electron chi connectivity index (χ4n) is 2.82. The molecule has 7 heteroatoms. The van der Waals surface area contributed by atoms with Crippen LogP contribution in [0.1, 0.15) is 12.5 Å². The van der Waals surface area contributed by atoms with Gasteiger partial charge in [-0.1, -0.05) is 12.1 Å². The van der Waals surface area contributed by atoms with Crippen molar-refractivity contribution >= 4 is 26.6 Å². The van der Waals surface area contributed by atoms with Crippen molar-refractivity contribution in [3.8, 4) is 23.1 Å². The number of fused-ring (bicyclic) bond motifs is 1. The molecule has 3 rings (SSSR count). The van der Waals surface area contributed by atoms with Crippen LogP contribution in [0.5, 0.6) is 5.75 Å². The molecule has 0 radical (unpaired) electrons. The molecule has 0 amide bonds. The van der Waals surface area contributed by atoms with E-state index in [-0.39, 0.29) is 11.5 Å². The van der Waals surface area contributed by atoms with Gasteiger partial charge in [-0.2, -0.15) is 5.26 Å². The minimum absolute atomic E-state index is 0.0000248. The van der Waals surface area contributed by atoms with E-state index in [1.54, 1.807) is 49.4 Å². The Kier molecular flexibility index (Phi) is 4.15. The number of phenols is 1. The molecule has 1 aromatic heterocycles. The molecule has 1 heterocycles.